The first-order chi connectivity index (χ1) is 13.7. The average Bonchev–Trinajstić information content (AvgIpc) is 2.70. The highest BCUT2D eigenvalue weighted by molar-refractivity contribution is 5.58. The third kappa shape index (κ3) is 5.87. The van der Waals surface area contributed by atoms with E-state index >= 15 is 0 Å². The molecule has 0 spiro atoms. The Morgan fingerprint density at radius 2 is 1.55 bits per heavy atom. The molecule has 1 aromatic carbocycles. The fourth-order valence-corrected chi connectivity index (χ4v) is 4.46. The molecule has 1 aromatic rings. The third-order valence-electron chi connectivity index (χ3n) is 6.67. The highest BCUT2D eigenvalue weighted by Gasteiger charge is 2.32. The SMILES string of the molecule is COc1c(C)c(C)c(OC)c(CC[C@](C)(O)[C@H](O)COCC2CCCCC2)c1C. The summed E-state index contributed by atoms with van der Waals surface area (Å²) in [5, 5.41) is 21.4. The fourth-order valence-electron chi connectivity index (χ4n) is 4.46. The Kier molecular flexibility index (Phi) is 8.80. The van der Waals surface area contributed by atoms with E-state index < -0.39 is 11.7 Å². The average molecular weight is 409 g/mol. The van der Waals surface area contributed by atoms with Crippen molar-refractivity contribution < 1.29 is 24.4 Å². The molecule has 0 amide bonds. The highest BCUT2D eigenvalue weighted by Crippen LogP contribution is 2.39. The van der Waals surface area contributed by atoms with Gasteiger partial charge in [-0.05, 0) is 76.0 Å². The molecule has 1 saturated carbocycles. The van der Waals surface area contributed by atoms with Crippen molar-refractivity contribution in [2.75, 3.05) is 27.4 Å². The molecule has 0 aliphatic heterocycles. The summed E-state index contributed by atoms with van der Waals surface area (Å²) in [6.07, 6.45) is 6.35. The molecule has 0 heterocycles. The van der Waals surface area contributed by atoms with Crippen molar-refractivity contribution in [3.63, 3.8) is 0 Å². The molecule has 166 valence electrons. The Bertz CT molecular complexity index is 662. The number of ether oxygens (including phenoxy) is 3. The predicted molar refractivity (Wildman–Crippen MR) is 116 cm³/mol. The molecule has 1 aliphatic rings. The second kappa shape index (κ2) is 10.6. The van der Waals surface area contributed by atoms with E-state index in [4.69, 9.17) is 14.2 Å². The maximum atomic E-state index is 10.9. The van der Waals surface area contributed by atoms with Gasteiger partial charge in [-0.2, -0.15) is 0 Å². The topological polar surface area (TPSA) is 68.2 Å². The summed E-state index contributed by atoms with van der Waals surface area (Å²) in [5.74, 6) is 2.28. The Morgan fingerprint density at radius 1 is 0.966 bits per heavy atom. The standard InChI is InChI=1S/C24H40O5/c1-16-17(2)23(28-6)20(18(3)22(16)27-5)12-13-24(4,26)21(25)15-29-14-19-10-8-7-9-11-19/h19,21,25-26H,7-15H2,1-6H3/t21-,24+/m1/s1. The van der Waals surface area contributed by atoms with Crippen LogP contribution in [-0.2, 0) is 11.2 Å². The zero-order chi connectivity index (χ0) is 21.6. The zero-order valence-corrected chi connectivity index (χ0v) is 19.1. The van der Waals surface area contributed by atoms with Crippen molar-refractivity contribution in [2.24, 2.45) is 5.92 Å². The van der Waals surface area contributed by atoms with Crippen molar-refractivity contribution in [2.45, 2.75) is 84.3 Å². The van der Waals surface area contributed by atoms with E-state index in [1.165, 1.54) is 32.1 Å². The van der Waals surface area contributed by atoms with Crippen LogP contribution in [0.3, 0.4) is 0 Å². The van der Waals surface area contributed by atoms with Crippen LogP contribution in [0.2, 0.25) is 0 Å². The third-order valence-corrected chi connectivity index (χ3v) is 6.67. The largest absolute Gasteiger partial charge is 0.496 e. The van der Waals surface area contributed by atoms with Crippen LogP contribution in [0.15, 0.2) is 0 Å². The Morgan fingerprint density at radius 3 is 2.14 bits per heavy atom. The van der Waals surface area contributed by atoms with Crippen molar-refractivity contribution in [3.8, 4) is 11.5 Å². The van der Waals surface area contributed by atoms with Gasteiger partial charge in [0.25, 0.3) is 0 Å². The van der Waals surface area contributed by atoms with Gasteiger partial charge in [0.05, 0.1) is 26.4 Å². The van der Waals surface area contributed by atoms with Crippen LogP contribution in [0.4, 0.5) is 0 Å². The molecule has 0 radical (unpaired) electrons. The van der Waals surface area contributed by atoms with E-state index in [0.717, 1.165) is 33.8 Å². The maximum absolute atomic E-state index is 10.9. The first kappa shape index (κ1) is 24.0. The quantitative estimate of drug-likeness (QED) is 0.605. The van der Waals surface area contributed by atoms with Crippen molar-refractivity contribution in [1.82, 2.24) is 0 Å². The summed E-state index contributed by atoms with van der Waals surface area (Å²) in [4.78, 5) is 0. The molecular weight excluding hydrogens is 368 g/mol. The lowest BCUT2D eigenvalue weighted by Gasteiger charge is -2.31. The summed E-state index contributed by atoms with van der Waals surface area (Å²) in [7, 11) is 3.35. The second-order valence-corrected chi connectivity index (χ2v) is 8.83. The molecule has 2 atom stereocenters. The van der Waals surface area contributed by atoms with Crippen LogP contribution in [0, 0.1) is 26.7 Å². The molecule has 5 nitrogen and oxygen atoms in total. The number of aliphatic hydroxyl groups is 2. The number of methoxy groups -OCH3 is 2. The summed E-state index contributed by atoms with van der Waals surface area (Å²) >= 11 is 0. The van der Waals surface area contributed by atoms with E-state index in [1.54, 1.807) is 21.1 Å². The van der Waals surface area contributed by atoms with Gasteiger partial charge in [0.2, 0.25) is 0 Å². The Hall–Kier alpha value is -1.30. The molecule has 0 aromatic heterocycles. The summed E-state index contributed by atoms with van der Waals surface area (Å²) in [6.45, 7) is 8.58. The van der Waals surface area contributed by atoms with Gasteiger partial charge in [-0.3, -0.25) is 0 Å². The van der Waals surface area contributed by atoms with Gasteiger partial charge >= 0.3 is 0 Å². The number of hydrogen-bond donors (Lipinski definition) is 2. The Labute approximate surface area is 176 Å². The minimum absolute atomic E-state index is 0.163. The molecule has 0 saturated heterocycles. The van der Waals surface area contributed by atoms with Crippen LogP contribution >= 0.6 is 0 Å². The van der Waals surface area contributed by atoms with E-state index in [2.05, 4.69) is 0 Å². The van der Waals surface area contributed by atoms with E-state index in [1.807, 2.05) is 20.8 Å². The predicted octanol–water partition coefficient (Wildman–Crippen LogP) is 4.27. The van der Waals surface area contributed by atoms with E-state index in [0.29, 0.717) is 25.4 Å². The smallest absolute Gasteiger partial charge is 0.125 e. The van der Waals surface area contributed by atoms with Gasteiger partial charge < -0.3 is 24.4 Å². The number of hydrogen-bond acceptors (Lipinski definition) is 5. The van der Waals surface area contributed by atoms with Crippen LogP contribution in [0.5, 0.6) is 11.5 Å². The van der Waals surface area contributed by atoms with Crippen LogP contribution in [0.1, 0.15) is 67.7 Å². The number of benzene rings is 1. The van der Waals surface area contributed by atoms with Gasteiger partial charge in [0.15, 0.2) is 0 Å². The second-order valence-electron chi connectivity index (χ2n) is 8.83. The van der Waals surface area contributed by atoms with Crippen LogP contribution in [-0.4, -0.2) is 49.4 Å². The lowest BCUT2D eigenvalue weighted by molar-refractivity contribution is -0.104. The summed E-state index contributed by atoms with van der Waals surface area (Å²) in [5.41, 5.74) is 2.90. The van der Waals surface area contributed by atoms with Gasteiger partial charge in [0, 0.05) is 12.2 Å². The van der Waals surface area contributed by atoms with Crippen molar-refractivity contribution in [1.29, 1.82) is 0 Å². The lowest BCUT2D eigenvalue weighted by Crippen LogP contribution is -2.43. The van der Waals surface area contributed by atoms with Crippen molar-refractivity contribution >= 4 is 0 Å². The van der Waals surface area contributed by atoms with Crippen LogP contribution < -0.4 is 9.47 Å². The highest BCUT2D eigenvalue weighted by atomic mass is 16.5. The van der Waals surface area contributed by atoms with Gasteiger partial charge in [-0.1, -0.05) is 19.3 Å². The zero-order valence-electron chi connectivity index (χ0n) is 19.1. The van der Waals surface area contributed by atoms with Gasteiger partial charge in [-0.15, -0.1) is 0 Å². The molecule has 29 heavy (non-hydrogen) atoms. The molecule has 0 unspecified atom stereocenters. The molecule has 2 rings (SSSR count). The molecule has 2 N–H and O–H groups in total. The van der Waals surface area contributed by atoms with Crippen molar-refractivity contribution in [3.05, 3.63) is 22.3 Å². The number of aliphatic hydroxyl groups excluding tert-OH is 1. The first-order valence-corrected chi connectivity index (χ1v) is 10.9. The lowest BCUT2D eigenvalue weighted by atomic mass is 9.88. The Balaban J connectivity index is 2.00. The molecule has 5 heteroatoms. The molecule has 0 bridgehead atoms. The minimum atomic E-state index is -1.24. The maximum Gasteiger partial charge on any atom is 0.125 e. The monoisotopic (exact) mass is 408 g/mol. The molecule has 1 fully saturated rings. The fraction of sp³-hybridized carbons (Fsp3) is 0.750. The molecular formula is C24H40O5. The first-order valence-electron chi connectivity index (χ1n) is 10.9. The summed E-state index contributed by atoms with van der Waals surface area (Å²) < 4.78 is 17.0. The van der Waals surface area contributed by atoms with E-state index in [9.17, 15) is 10.2 Å². The summed E-state index contributed by atoms with van der Waals surface area (Å²) in [6, 6.07) is 0. The normalized spacial score (nSPS) is 18.3. The number of rotatable bonds is 10. The van der Waals surface area contributed by atoms with E-state index in [-0.39, 0.29) is 6.61 Å². The van der Waals surface area contributed by atoms with Gasteiger partial charge in [-0.25, -0.2) is 0 Å². The minimum Gasteiger partial charge on any atom is -0.496 e. The van der Waals surface area contributed by atoms with Gasteiger partial charge in [0.1, 0.15) is 17.6 Å². The van der Waals surface area contributed by atoms with Crippen LogP contribution in [0.25, 0.3) is 0 Å². The molecule has 1 aliphatic carbocycles.